The van der Waals surface area contributed by atoms with Crippen LogP contribution in [0.5, 0.6) is 0 Å². The number of carbonyl (C=O) groups excluding carboxylic acids is 1. The topological polar surface area (TPSA) is 34.1 Å². The first kappa shape index (κ1) is 16.1. The van der Waals surface area contributed by atoms with E-state index in [0.29, 0.717) is 0 Å². The van der Waals surface area contributed by atoms with E-state index in [0.717, 1.165) is 18.2 Å². The van der Waals surface area contributed by atoms with Gasteiger partial charge >= 0.3 is 0 Å². The fourth-order valence-electron chi connectivity index (χ4n) is 1.66. The zero-order valence-corrected chi connectivity index (χ0v) is 12.7. The van der Waals surface area contributed by atoms with E-state index in [4.69, 9.17) is 23.2 Å². The highest BCUT2D eigenvalue weighted by Crippen LogP contribution is 2.24. The molecule has 1 atom stereocenters. The molecule has 0 saturated heterocycles. The summed E-state index contributed by atoms with van der Waals surface area (Å²) in [4.78, 5) is 12.1. The summed E-state index contributed by atoms with van der Waals surface area (Å²) in [5, 5.41) is 0.468. The van der Waals surface area contributed by atoms with Gasteiger partial charge in [0.15, 0.2) is 5.78 Å². The number of halogens is 4. The number of ketones is 1. The van der Waals surface area contributed by atoms with E-state index >= 15 is 0 Å². The maximum absolute atomic E-state index is 13.5. The Morgan fingerprint density at radius 1 is 1.05 bits per heavy atom. The highest BCUT2D eigenvalue weighted by atomic mass is 35.5. The molecule has 110 valence electrons. The van der Waals surface area contributed by atoms with Gasteiger partial charge in [-0.1, -0.05) is 29.3 Å². The van der Waals surface area contributed by atoms with E-state index < -0.39 is 39.5 Å². The lowest BCUT2D eigenvalue weighted by molar-refractivity contribution is 0.101. The summed E-state index contributed by atoms with van der Waals surface area (Å²) >= 11 is 11.5. The van der Waals surface area contributed by atoms with Gasteiger partial charge in [0.25, 0.3) is 0 Å². The Bertz CT molecular complexity index is 715. The molecule has 0 radical (unpaired) electrons. The summed E-state index contributed by atoms with van der Waals surface area (Å²) in [5.74, 6) is -3.39. The van der Waals surface area contributed by atoms with Crippen LogP contribution < -0.4 is 0 Å². The van der Waals surface area contributed by atoms with Crippen LogP contribution in [0.25, 0.3) is 0 Å². The van der Waals surface area contributed by atoms with Gasteiger partial charge in [0.05, 0.1) is 32.2 Å². The molecule has 1 unspecified atom stereocenters. The van der Waals surface area contributed by atoms with E-state index in [1.165, 1.54) is 18.2 Å². The minimum atomic E-state index is -1.78. The van der Waals surface area contributed by atoms with E-state index in [9.17, 15) is 17.8 Å². The molecule has 0 N–H and O–H groups in total. The number of hydrogen-bond acceptors (Lipinski definition) is 2. The van der Waals surface area contributed by atoms with Crippen LogP contribution in [0, 0.1) is 11.6 Å². The Labute approximate surface area is 132 Å². The molecule has 0 aliphatic heterocycles. The van der Waals surface area contributed by atoms with Crippen LogP contribution in [0.1, 0.15) is 10.4 Å². The van der Waals surface area contributed by atoms with Gasteiger partial charge in [-0.15, -0.1) is 0 Å². The van der Waals surface area contributed by atoms with Crippen LogP contribution >= 0.6 is 23.2 Å². The van der Waals surface area contributed by atoms with Crippen molar-refractivity contribution in [3.63, 3.8) is 0 Å². The molecule has 0 aromatic heterocycles. The van der Waals surface area contributed by atoms with Gasteiger partial charge in [0.1, 0.15) is 11.6 Å². The number of benzene rings is 2. The second kappa shape index (κ2) is 6.64. The summed E-state index contributed by atoms with van der Waals surface area (Å²) < 4.78 is 39.0. The third-order valence-corrected chi connectivity index (χ3v) is 4.70. The van der Waals surface area contributed by atoms with Crippen molar-refractivity contribution < 1.29 is 17.8 Å². The van der Waals surface area contributed by atoms with E-state index in [1.807, 2.05) is 0 Å². The molecule has 2 aromatic rings. The molecule has 0 heterocycles. The van der Waals surface area contributed by atoms with Gasteiger partial charge in [-0.05, 0) is 30.3 Å². The van der Waals surface area contributed by atoms with Crippen molar-refractivity contribution in [1.82, 2.24) is 0 Å². The Hall–Kier alpha value is -1.30. The summed E-state index contributed by atoms with van der Waals surface area (Å²) in [6, 6.07) is 7.32. The van der Waals surface area contributed by atoms with Crippen molar-refractivity contribution in [2.24, 2.45) is 0 Å². The smallest absolute Gasteiger partial charge is 0.181 e. The monoisotopic (exact) mass is 348 g/mol. The Balaban J connectivity index is 2.23. The molecule has 7 heteroatoms. The lowest BCUT2D eigenvalue weighted by Crippen LogP contribution is -2.14. The predicted octanol–water partition coefficient (Wildman–Crippen LogP) is 4.26. The molecule has 2 nitrogen and oxygen atoms in total. The average Bonchev–Trinajstić information content (AvgIpc) is 2.41. The van der Waals surface area contributed by atoms with Gasteiger partial charge in [0, 0.05) is 4.90 Å². The van der Waals surface area contributed by atoms with Gasteiger partial charge in [-0.25, -0.2) is 8.78 Å². The molecule has 0 amide bonds. The summed E-state index contributed by atoms with van der Waals surface area (Å²) in [7, 11) is -1.78. The zero-order chi connectivity index (χ0) is 15.6. The average molecular weight is 349 g/mol. The fraction of sp³-hybridized carbons (Fsp3) is 0.0714. The Morgan fingerprint density at radius 2 is 1.67 bits per heavy atom. The van der Waals surface area contributed by atoms with Crippen molar-refractivity contribution in [2.75, 3.05) is 5.75 Å². The van der Waals surface area contributed by atoms with Crippen molar-refractivity contribution in [3.8, 4) is 0 Å². The lowest BCUT2D eigenvalue weighted by Gasteiger charge is -2.05. The van der Waals surface area contributed by atoms with Crippen molar-refractivity contribution in [2.45, 2.75) is 4.90 Å². The summed E-state index contributed by atoms with van der Waals surface area (Å²) in [5.41, 5.74) is -0.689. The molecule has 0 fully saturated rings. The van der Waals surface area contributed by atoms with Crippen LogP contribution in [-0.2, 0) is 10.8 Å². The molecule has 0 bridgehead atoms. The highest BCUT2D eigenvalue weighted by Gasteiger charge is 2.20. The first-order valence-electron chi connectivity index (χ1n) is 5.71. The van der Waals surface area contributed by atoms with E-state index in [2.05, 4.69) is 0 Å². The normalized spacial score (nSPS) is 12.2. The first-order chi connectivity index (χ1) is 9.90. The van der Waals surface area contributed by atoms with Crippen LogP contribution in [0.3, 0.4) is 0 Å². The van der Waals surface area contributed by atoms with Crippen LogP contribution in [0.15, 0.2) is 41.3 Å². The standard InChI is InChI=1S/C14H8Cl2F2O2S/c15-9-5-4-8(6-10(9)16)21(20)7-13(19)14-11(17)2-1-3-12(14)18/h1-6H,7H2. The zero-order valence-electron chi connectivity index (χ0n) is 10.4. The predicted molar refractivity (Wildman–Crippen MR) is 78.4 cm³/mol. The van der Waals surface area contributed by atoms with Crippen LogP contribution in [-0.4, -0.2) is 15.7 Å². The molecular formula is C14H8Cl2F2O2S. The summed E-state index contributed by atoms with van der Waals surface area (Å²) in [6.45, 7) is 0. The molecule has 0 saturated carbocycles. The highest BCUT2D eigenvalue weighted by molar-refractivity contribution is 7.85. The molecule has 2 aromatic carbocycles. The first-order valence-corrected chi connectivity index (χ1v) is 7.78. The van der Waals surface area contributed by atoms with E-state index in [-0.39, 0.29) is 14.9 Å². The van der Waals surface area contributed by atoms with Gasteiger partial charge in [-0.2, -0.15) is 0 Å². The Kier molecular flexibility index (Phi) is 5.08. The molecule has 21 heavy (non-hydrogen) atoms. The molecule has 0 aliphatic rings. The minimum Gasteiger partial charge on any atom is -0.293 e. The van der Waals surface area contributed by atoms with Crippen LogP contribution in [0.4, 0.5) is 8.78 Å². The largest absolute Gasteiger partial charge is 0.293 e. The second-order valence-corrected chi connectivity index (χ2v) is 6.35. The minimum absolute atomic E-state index is 0.187. The van der Waals surface area contributed by atoms with Crippen molar-refractivity contribution >= 4 is 39.8 Å². The van der Waals surface area contributed by atoms with E-state index in [1.54, 1.807) is 0 Å². The number of carbonyl (C=O) groups is 1. The fourth-order valence-corrected chi connectivity index (χ4v) is 3.04. The quantitative estimate of drug-likeness (QED) is 0.773. The number of hydrogen-bond donors (Lipinski definition) is 0. The molecule has 0 aliphatic carbocycles. The maximum atomic E-state index is 13.5. The maximum Gasteiger partial charge on any atom is 0.181 e. The molecule has 2 rings (SSSR count). The third-order valence-electron chi connectivity index (χ3n) is 2.66. The second-order valence-electron chi connectivity index (χ2n) is 4.09. The van der Waals surface area contributed by atoms with Gasteiger partial charge in [0.2, 0.25) is 0 Å². The molecular weight excluding hydrogens is 341 g/mol. The lowest BCUT2D eigenvalue weighted by atomic mass is 10.1. The molecule has 0 spiro atoms. The van der Waals surface area contributed by atoms with Gasteiger partial charge in [-0.3, -0.25) is 9.00 Å². The Morgan fingerprint density at radius 3 is 2.24 bits per heavy atom. The summed E-state index contributed by atoms with van der Waals surface area (Å²) in [6.07, 6.45) is 0. The van der Waals surface area contributed by atoms with Crippen molar-refractivity contribution in [3.05, 3.63) is 63.6 Å². The SMILES string of the molecule is O=C(CS(=O)c1ccc(Cl)c(Cl)c1)c1c(F)cccc1F. The van der Waals surface area contributed by atoms with Gasteiger partial charge < -0.3 is 0 Å². The van der Waals surface area contributed by atoms with Crippen LogP contribution in [0.2, 0.25) is 10.0 Å². The third kappa shape index (κ3) is 3.67. The number of rotatable bonds is 4. The number of Topliss-reactive ketones (excluding diaryl/α,β-unsaturated/α-hetero) is 1. The van der Waals surface area contributed by atoms with Crippen molar-refractivity contribution in [1.29, 1.82) is 0 Å².